The maximum Gasteiger partial charge on any atom is 0.0945 e. The van der Waals surface area contributed by atoms with Crippen molar-refractivity contribution < 1.29 is 0 Å². The topological polar surface area (TPSA) is 41.0 Å². The van der Waals surface area contributed by atoms with Crippen molar-refractivity contribution in [1.29, 1.82) is 0 Å². The van der Waals surface area contributed by atoms with Crippen LogP contribution < -0.4 is 5.32 Å². The Kier molecular flexibility index (Phi) is 5.44. The van der Waals surface area contributed by atoms with Crippen molar-refractivity contribution in [2.45, 2.75) is 6.42 Å². The fourth-order valence-corrected chi connectivity index (χ4v) is 2.51. The lowest BCUT2D eigenvalue weighted by Gasteiger charge is -2.09. The molecule has 0 fully saturated rings. The van der Waals surface area contributed by atoms with Crippen LogP contribution in [-0.4, -0.2) is 48.6 Å². The van der Waals surface area contributed by atoms with Crippen LogP contribution in [0.1, 0.15) is 5.01 Å². The Morgan fingerprint density at radius 2 is 2.00 bits per heavy atom. The predicted octanol–water partition coefficient (Wildman–Crippen LogP) is 1.90. The van der Waals surface area contributed by atoms with E-state index in [9.17, 15) is 0 Å². The average molecular weight is 276 g/mol. The lowest BCUT2D eigenvalue weighted by Crippen LogP contribution is -2.27. The summed E-state index contributed by atoms with van der Waals surface area (Å²) in [5.74, 6) is 0. The van der Waals surface area contributed by atoms with Crippen molar-refractivity contribution in [2.75, 3.05) is 33.7 Å². The van der Waals surface area contributed by atoms with E-state index in [0.717, 1.165) is 37.3 Å². The minimum atomic E-state index is 0.983. The zero-order chi connectivity index (χ0) is 13.5. The molecule has 0 amide bonds. The van der Waals surface area contributed by atoms with Crippen LogP contribution in [0.5, 0.6) is 0 Å². The minimum absolute atomic E-state index is 0.983. The van der Waals surface area contributed by atoms with Crippen molar-refractivity contribution in [1.82, 2.24) is 20.2 Å². The molecule has 19 heavy (non-hydrogen) atoms. The molecular weight excluding hydrogens is 256 g/mol. The Morgan fingerprint density at radius 1 is 1.21 bits per heavy atom. The zero-order valence-corrected chi connectivity index (χ0v) is 12.3. The van der Waals surface area contributed by atoms with Gasteiger partial charge in [-0.2, -0.15) is 0 Å². The highest BCUT2D eigenvalue weighted by Crippen LogP contribution is 2.21. The third-order valence-electron chi connectivity index (χ3n) is 2.78. The first-order valence-electron chi connectivity index (χ1n) is 6.46. The van der Waals surface area contributed by atoms with Gasteiger partial charge in [-0.05, 0) is 26.2 Å². The molecule has 0 aliphatic carbocycles. The summed E-state index contributed by atoms with van der Waals surface area (Å²) in [6.07, 6.45) is 4.59. The molecule has 0 saturated heterocycles. The SMILES string of the molecule is CN(C)CCNCCc1nc(-c2ccncc2)cs1. The molecule has 2 aromatic heterocycles. The van der Waals surface area contributed by atoms with Crippen molar-refractivity contribution in [3.8, 4) is 11.3 Å². The molecule has 4 nitrogen and oxygen atoms in total. The molecular formula is C14H20N4S. The average Bonchev–Trinajstić information content (AvgIpc) is 2.88. The number of aromatic nitrogens is 2. The van der Waals surface area contributed by atoms with Crippen LogP contribution in [-0.2, 0) is 6.42 Å². The third-order valence-corrected chi connectivity index (χ3v) is 3.69. The second-order valence-electron chi connectivity index (χ2n) is 4.67. The molecule has 0 spiro atoms. The molecule has 2 heterocycles. The van der Waals surface area contributed by atoms with E-state index in [4.69, 9.17) is 0 Å². The van der Waals surface area contributed by atoms with Gasteiger partial charge in [-0.15, -0.1) is 11.3 Å². The molecule has 2 rings (SSSR count). The lowest BCUT2D eigenvalue weighted by molar-refractivity contribution is 0.401. The highest BCUT2D eigenvalue weighted by atomic mass is 32.1. The van der Waals surface area contributed by atoms with E-state index >= 15 is 0 Å². The van der Waals surface area contributed by atoms with Crippen molar-refractivity contribution in [2.24, 2.45) is 0 Å². The standard InChI is InChI=1S/C14H20N4S/c1-18(2)10-9-16-8-5-14-17-13(11-19-14)12-3-6-15-7-4-12/h3-4,6-7,11,16H,5,8-10H2,1-2H3. The summed E-state index contributed by atoms with van der Waals surface area (Å²) in [5.41, 5.74) is 2.19. The van der Waals surface area contributed by atoms with Gasteiger partial charge in [0.2, 0.25) is 0 Å². The number of nitrogens with zero attached hydrogens (tertiary/aromatic N) is 3. The van der Waals surface area contributed by atoms with Crippen molar-refractivity contribution >= 4 is 11.3 Å². The van der Waals surface area contributed by atoms with Gasteiger partial charge in [-0.1, -0.05) is 0 Å². The molecule has 1 N–H and O–H groups in total. The van der Waals surface area contributed by atoms with Crippen molar-refractivity contribution in [3.63, 3.8) is 0 Å². The number of nitrogens with one attached hydrogen (secondary N) is 1. The number of hydrogen-bond acceptors (Lipinski definition) is 5. The Labute approximate surface area is 118 Å². The Hall–Kier alpha value is -1.30. The molecule has 5 heteroatoms. The summed E-state index contributed by atoms with van der Waals surface area (Å²) in [4.78, 5) is 10.9. The van der Waals surface area contributed by atoms with Gasteiger partial charge in [0.15, 0.2) is 0 Å². The first-order chi connectivity index (χ1) is 9.25. The molecule has 102 valence electrons. The maximum absolute atomic E-state index is 4.65. The first kappa shape index (κ1) is 14.1. The van der Waals surface area contributed by atoms with E-state index in [-0.39, 0.29) is 0 Å². The molecule has 0 bridgehead atoms. The number of rotatable bonds is 7. The van der Waals surface area contributed by atoms with Gasteiger partial charge >= 0.3 is 0 Å². The number of hydrogen-bond donors (Lipinski definition) is 1. The normalized spacial score (nSPS) is 11.1. The fourth-order valence-electron chi connectivity index (χ4n) is 1.70. The van der Waals surface area contributed by atoms with E-state index in [1.54, 1.807) is 23.7 Å². The zero-order valence-electron chi connectivity index (χ0n) is 11.5. The first-order valence-corrected chi connectivity index (χ1v) is 7.34. The fraction of sp³-hybridized carbons (Fsp3) is 0.429. The quantitative estimate of drug-likeness (QED) is 0.784. The second-order valence-corrected chi connectivity index (χ2v) is 5.61. The smallest absolute Gasteiger partial charge is 0.0945 e. The largest absolute Gasteiger partial charge is 0.315 e. The highest BCUT2D eigenvalue weighted by molar-refractivity contribution is 7.09. The van der Waals surface area contributed by atoms with Gasteiger partial charge in [0.1, 0.15) is 0 Å². The lowest BCUT2D eigenvalue weighted by atomic mass is 10.2. The molecule has 0 aromatic carbocycles. The molecule has 0 atom stereocenters. The van der Waals surface area contributed by atoms with Crippen LogP contribution in [0.3, 0.4) is 0 Å². The minimum Gasteiger partial charge on any atom is -0.315 e. The molecule has 0 aliphatic heterocycles. The van der Waals surface area contributed by atoms with Gasteiger partial charge in [-0.3, -0.25) is 4.98 Å². The molecule has 0 radical (unpaired) electrons. The summed E-state index contributed by atoms with van der Waals surface area (Å²) in [7, 11) is 4.17. The van der Waals surface area contributed by atoms with Gasteiger partial charge < -0.3 is 10.2 Å². The van der Waals surface area contributed by atoms with Gasteiger partial charge in [0.05, 0.1) is 10.7 Å². The van der Waals surface area contributed by atoms with Gasteiger partial charge in [-0.25, -0.2) is 4.98 Å². The van der Waals surface area contributed by atoms with Crippen LogP contribution in [0.15, 0.2) is 29.9 Å². The summed E-state index contributed by atoms with van der Waals surface area (Å²) >= 11 is 1.73. The molecule has 0 aliphatic rings. The Bertz CT molecular complexity index is 481. The summed E-state index contributed by atoms with van der Waals surface area (Å²) in [5, 5.41) is 6.73. The molecule has 2 aromatic rings. The summed E-state index contributed by atoms with van der Waals surface area (Å²) in [6.45, 7) is 3.08. The van der Waals surface area contributed by atoms with E-state index < -0.39 is 0 Å². The summed E-state index contributed by atoms with van der Waals surface area (Å²) < 4.78 is 0. The molecule has 0 saturated carbocycles. The van der Waals surface area contributed by atoms with Crippen LogP contribution in [0.2, 0.25) is 0 Å². The summed E-state index contributed by atoms with van der Waals surface area (Å²) in [6, 6.07) is 3.99. The van der Waals surface area contributed by atoms with Crippen LogP contribution >= 0.6 is 11.3 Å². The van der Waals surface area contributed by atoms with Crippen molar-refractivity contribution in [3.05, 3.63) is 34.9 Å². The number of pyridine rings is 1. The second kappa shape index (κ2) is 7.33. The van der Waals surface area contributed by atoms with Crippen LogP contribution in [0, 0.1) is 0 Å². The van der Waals surface area contributed by atoms with E-state index in [1.165, 1.54) is 5.01 Å². The highest BCUT2D eigenvalue weighted by Gasteiger charge is 2.03. The predicted molar refractivity (Wildman–Crippen MR) is 80.5 cm³/mol. The number of thiazole rings is 1. The van der Waals surface area contributed by atoms with E-state index in [0.29, 0.717) is 0 Å². The Morgan fingerprint density at radius 3 is 2.74 bits per heavy atom. The monoisotopic (exact) mass is 276 g/mol. The third kappa shape index (κ3) is 4.70. The van der Waals surface area contributed by atoms with E-state index in [2.05, 4.69) is 39.7 Å². The van der Waals surface area contributed by atoms with E-state index in [1.807, 2.05) is 12.1 Å². The van der Waals surface area contributed by atoms with Crippen LogP contribution in [0.4, 0.5) is 0 Å². The van der Waals surface area contributed by atoms with Gasteiger partial charge in [0, 0.05) is 49.4 Å². The molecule has 0 unspecified atom stereocenters. The maximum atomic E-state index is 4.65. The Balaban J connectivity index is 1.78. The van der Waals surface area contributed by atoms with Crippen LogP contribution in [0.25, 0.3) is 11.3 Å². The van der Waals surface area contributed by atoms with Gasteiger partial charge in [0.25, 0.3) is 0 Å². The number of likely N-dealkylation sites (N-methyl/N-ethyl adjacent to an activating group) is 1.